The van der Waals surface area contributed by atoms with Gasteiger partial charge in [0, 0.05) is 10.6 Å². The molecule has 6 heteroatoms. The molecule has 1 amide bonds. The maximum atomic E-state index is 12.2. The Morgan fingerprint density at radius 3 is 2.52 bits per heavy atom. The Bertz CT molecular complexity index is 956. The van der Waals surface area contributed by atoms with Crippen LogP contribution in [0, 0.1) is 11.3 Å². The van der Waals surface area contributed by atoms with Gasteiger partial charge in [-0.3, -0.25) is 4.79 Å². The Morgan fingerprint density at radius 1 is 1.15 bits per heavy atom. The van der Waals surface area contributed by atoms with Crippen molar-refractivity contribution >= 4 is 17.5 Å². The zero-order valence-electron chi connectivity index (χ0n) is 14.6. The topological polar surface area (TPSA) is 75.3 Å². The summed E-state index contributed by atoms with van der Waals surface area (Å²) in [7, 11) is 0. The molecule has 0 fully saturated rings. The van der Waals surface area contributed by atoms with E-state index >= 15 is 0 Å². The van der Waals surface area contributed by atoms with Gasteiger partial charge in [0.1, 0.15) is 17.3 Å². The van der Waals surface area contributed by atoms with E-state index in [0.717, 1.165) is 5.56 Å². The molecule has 0 radical (unpaired) electrons. The van der Waals surface area contributed by atoms with Crippen LogP contribution in [0.3, 0.4) is 0 Å². The first-order chi connectivity index (χ1) is 13.0. The number of rotatable bonds is 6. The zero-order chi connectivity index (χ0) is 19.2. The molecule has 136 valence electrons. The second kappa shape index (κ2) is 8.43. The zero-order valence-corrected chi connectivity index (χ0v) is 15.4. The lowest BCUT2D eigenvalue weighted by molar-refractivity contribution is -0.127. The van der Waals surface area contributed by atoms with Gasteiger partial charge in [-0.15, -0.1) is 0 Å². The third kappa shape index (κ3) is 4.90. The first-order valence-corrected chi connectivity index (χ1v) is 8.72. The summed E-state index contributed by atoms with van der Waals surface area (Å²) in [6, 6.07) is 19.6. The predicted octanol–water partition coefficient (Wildman–Crippen LogP) is 4.56. The van der Waals surface area contributed by atoms with Crippen LogP contribution in [0.15, 0.2) is 65.1 Å². The first kappa shape index (κ1) is 18.6. The fraction of sp³-hybridized carbons (Fsp3) is 0.143. The van der Waals surface area contributed by atoms with Gasteiger partial charge >= 0.3 is 0 Å². The van der Waals surface area contributed by atoms with E-state index in [9.17, 15) is 4.79 Å². The van der Waals surface area contributed by atoms with Crippen molar-refractivity contribution in [2.75, 3.05) is 0 Å². The Kier molecular flexibility index (Phi) is 5.80. The van der Waals surface area contributed by atoms with E-state index < -0.39 is 6.10 Å². The van der Waals surface area contributed by atoms with Gasteiger partial charge in [0.15, 0.2) is 6.10 Å². The lowest BCUT2D eigenvalue weighted by Crippen LogP contribution is -2.35. The summed E-state index contributed by atoms with van der Waals surface area (Å²) in [5.74, 6) is 1.61. The van der Waals surface area contributed by atoms with Crippen LogP contribution in [-0.4, -0.2) is 12.0 Å². The van der Waals surface area contributed by atoms with Crippen LogP contribution in [0.4, 0.5) is 0 Å². The van der Waals surface area contributed by atoms with E-state index in [1.807, 2.05) is 30.3 Å². The van der Waals surface area contributed by atoms with Crippen molar-refractivity contribution < 1.29 is 13.9 Å². The van der Waals surface area contributed by atoms with E-state index in [0.29, 0.717) is 27.9 Å². The van der Waals surface area contributed by atoms with Crippen molar-refractivity contribution in [2.45, 2.75) is 19.6 Å². The van der Waals surface area contributed by atoms with Crippen LogP contribution in [0.1, 0.15) is 18.2 Å². The van der Waals surface area contributed by atoms with Crippen molar-refractivity contribution in [3.8, 4) is 23.1 Å². The highest BCUT2D eigenvalue weighted by molar-refractivity contribution is 6.30. The lowest BCUT2D eigenvalue weighted by atomic mass is 10.2. The average molecular weight is 381 g/mol. The molecule has 5 nitrogen and oxygen atoms in total. The van der Waals surface area contributed by atoms with Gasteiger partial charge in [-0.25, -0.2) is 0 Å². The molecule has 1 heterocycles. The molecule has 0 bridgehead atoms. The highest BCUT2D eigenvalue weighted by Crippen LogP contribution is 2.23. The molecule has 0 spiro atoms. The molecular formula is C21H17ClN2O3. The second-order valence-electron chi connectivity index (χ2n) is 5.89. The van der Waals surface area contributed by atoms with Crippen LogP contribution >= 0.6 is 11.6 Å². The minimum absolute atomic E-state index is 0.257. The van der Waals surface area contributed by atoms with Crippen molar-refractivity contribution in [1.29, 1.82) is 5.26 Å². The molecular weight excluding hydrogens is 364 g/mol. The van der Waals surface area contributed by atoms with Crippen LogP contribution in [0.2, 0.25) is 5.02 Å². The van der Waals surface area contributed by atoms with Crippen molar-refractivity contribution in [3.63, 3.8) is 0 Å². The summed E-state index contributed by atoms with van der Waals surface area (Å²) in [6.45, 7) is 1.92. The van der Waals surface area contributed by atoms with E-state index in [4.69, 9.17) is 26.0 Å². The number of carbonyl (C=O) groups excluding carboxylic acids is 1. The number of benzene rings is 2. The molecule has 1 aromatic heterocycles. The number of nitrogens with one attached hydrogen (secondary N) is 1. The highest BCUT2D eigenvalue weighted by atomic mass is 35.5. The van der Waals surface area contributed by atoms with Crippen LogP contribution in [0.5, 0.6) is 5.75 Å². The van der Waals surface area contributed by atoms with Crippen molar-refractivity contribution in [1.82, 2.24) is 5.32 Å². The molecule has 3 rings (SSSR count). The standard InChI is InChI=1S/C21H17ClN2O3/c1-14(26-18-8-2-15(12-23)3-9-18)21(25)24-13-19-10-11-20(27-19)16-4-6-17(22)7-5-16/h2-11,14H,13H2,1H3,(H,24,25). The fourth-order valence-corrected chi connectivity index (χ4v) is 2.55. The molecule has 0 aliphatic carbocycles. The number of carbonyl (C=O) groups is 1. The molecule has 1 unspecified atom stereocenters. The molecule has 3 aromatic rings. The first-order valence-electron chi connectivity index (χ1n) is 8.34. The van der Waals surface area contributed by atoms with Crippen LogP contribution in [-0.2, 0) is 11.3 Å². The maximum Gasteiger partial charge on any atom is 0.261 e. The van der Waals surface area contributed by atoms with E-state index in [-0.39, 0.29) is 12.5 Å². The summed E-state index contributed by atoms with van der Waals surface area (Å²) in [5, 5.41) is 12.2. The molecule has 0 saturated carbocycles. The summed E-state index contributed by atoms with van der Waals surface area (Å²) in [5.41, 5.74) is 1.45. The Hall–Kier alpha value is -3.23. The number of halogens is 1. The summed E-state index contributed by atoms with van der Waals surface area (Å²) in [4.78, 5) is 12.2. The van der Waals surface area contributed by atoms with Gasteiger partial charge in [0.2, 0.25) is 0 Å². The number of furan rings is 1. The third-order valence-electron chi connectivity index (χ3n) is 3.89. The molecule has 1 atom stereocenters. The van der Waals surface area contributed by atoms with Crippen LogP contribution in [0.25, 0.3) is 11.3 Å². The second-order valence-corrected chi connectivity index (χ2v) is 6.32. The fourth-order valence-electron chi connectivity index (χ4n) is 2.43. The Morgan fingerprint density at radius 2 is 1.85 bits per heavy atom. The monoisotopic (exact) mass is 380 g/mol. The maximum absolute atomic E-state index is 12.2. The molecule has 0 aliphatic rings. The SMILES string of the molecule is CC(Oc1ccc(C#N)cc1)C(=O)NCc1ccc(-c2ccc(Cl)cc2)o1. The van der Waals surface area contributed by atoms with Gasteiger partial charge in [-0.05, 0) is 67.6 Å². The van der Waals surface area contributed by atoms with Crippen molar-refractivity contribution in [2.24, 2.45) is 0 Å². The van der Waals surface area contributed by atoms with E-state index in [2.05, 4.69) is 5.32 Å². The molecule has 1 N–H and O–H groups in total. The van der Waals surface area contributed by atoms with Gasteiger partial charge in [-0.1, -0.05) is 11.6 Å². The molecule has 0 aliphatic heterocycles. The highest BCUT2D eigenvalue weighted by Gasteiger charge is 2.15. The van der Waals surface area contributed by atoms with Gasteiger partial charge < -0.3 is 14.5 Å². The quantitative estimate of drug-likeness (QED) is 0.680. The minimum Gasteiger partial charge on any atom is -0.481 e. The van der Waals surface area contributed by atoms with Crippen molar-refractivity contribution in [3.05, 3.63) is 77.0 Å². The predicted molar refractivity (Wildman–Crippen MR) is 102 cm³/mol. The number of nitriles is 1. The van der Waals surface area contributed by atoms with Gasteiger partial charge in [0.05, 0.1) is 18.2 Å². The Balaban J connectivity index is 1.54. The average Bonchev–Trinajstić information content (AvgIpc) is 3.16. The summed E-state index contributed by atoms with van der Waals surface area (Å²) < 4.78 is 11.3. The summed E-state index contributed by atoms with van der Waals surface area (Å²) >= 11 is 5.89. The van der Waals surface area contributed by atoms with E-state index in [1.54, 1.807) is 43.3 Å². The third-order valence-corrected chi connectivity index (χ3v) is 4.14. The smallest absolute Gasteiger partial charge is 0.261 e. The lowest BCUT2D eigenvalue weighted by Gasteiger charge is -2.14. The van der Waals surface area contributed by atoms with Crippen LogP contribution < -0.4 is 10.1 Å². The number of hydrogen-bond donors (Lipinski definition) is 1. The minimum atomic E-state index is -0.677. The number of hydrogen-bond acceptors (Lipinski definition) is 4. The number of nitrogens with zero attached hydrogens (tertiary/aromatic N) is 1. The largest absolute Gasteiger partial charge is 0.481 e. The van der Waals surface area contributed by atoms with Gasteiger partial charge in [-0.2, -0.15) is 5.26 Å². The van der Waals surface area contributed by atoms with E-state index in [1.165, 1.54) is 0 Å². The summed E-state index contributed by atoms with van der Waals surface area (Å²) in [6.07, 6.45) is -0.677. The molecule has 27 heavy (non-hydrogen) atoms. The molecule has 2 aromatic carbocycles. The molecule has 0 saturated heterocycles. The Labute approximate surface area is 162 Å². The normalized spacial score (nSPS) is 11.4. The number of ether oxygens (including phenoxy) is 1. The van der Waals surface area contributed by atoms with Gasteiger partial charge in [0.25, 0.3) is 5.91 Å². The number of amides is 1.